The molecule has 1 N–H and O–H groups in total. The molecule has 1 atom stereocenters. The van der Waals surface area contributed by atoms with Crippen molar-refractivity contribution < 1.29 is 19.1 Å². The Morgan fingerprint density at radius 2 is 1.97 bits per heavy atom. The van der Waals surface area contributed by atoms with Crippen LogP contribution < -0.4 is 14.8 Å². The van der Waals surface area contributed by atoms with Gasteiger partial charge in [-0.3, -0.25) is 4.79 Å². The Labute approximate surface area is 187 Å². The van der Waals surface area contributed by atoms with Crippen molar-refractivity contribution in [2.75, 3.05) is 20.4 Å². The van der Waals surface area contributed by atoms with Crippen molar-refractivity contribution in [2.24, 2.45) is 12.1 Å². The van der Waals surface area contributed by atoms with Crippen LogP contribution in [0.2, 0.25) is 0 Å². The van der Waals surface area contributed by atoms with Crippen LogP contribution in [0.25, 0.3) is 0 Å². The average molecular weight is 440 g/mol. The highest BCUT2D eigenvalue weighted by Crippen LogP contribution is 2.39. The quantitative estimate of drug-likeness (QED) is 0.794. The molecular weight excluding hydrogens is 410 g/mol. The standard InChI is InChI=1S/C23H29N5O4/c1-23(2,3)24-22(30)27(5)13-21(29)28-18(12-16(25-28)17-7-6-10-26(17)4)15-8-9-19-20(11-15)32-14-31-19/h6-11,18H,12-14H2,1-5H3,(H,24,30). The number of amides is 3. The van der Waals surface area contributed by atoms with Crippen molar-refractivity contribution >= 4 is 17.6 Å². The lowest BCUT2D eigenvalue weighted by atomic mass is 10.00. The Balaban J connectivity index is 1.59. The van der Waals surface area contributed by atoms with Gasteiger partial charge in [-0.1, -0.05) is 6.07 Å². The van der Waals surface area contributed by atoms with Crippen molar-refractivity contribution in [3.05, 3.63) is 47.8 Å². The SMILES string of the molecule is CN(CC(=O)N1N=C(c2cccn2C)CC1c1ccc2c(c1)OCO2)C(=O)NC(C)(C)C. The molecule has 0 aliphatic carbocycles. The number of hydrogen-bond acceptors (Lipinski definition) is 5. The zero-order valence-electron chi connectivity index (χ0n) is 19.1. The maximum absolute atomic E-state index is 13.3. The first-order valence-corrected chi connectivity index (χ1v) is 10.6. The molecule has 9 nitrogen and oxygen atoms in total. The van der Waals surface area contributed by atoms with E-state index in [1.807, 2.05) is 68.9 Å². The summed E-state index contributed by atoms with van der Waals surface area (Å²) in [5.41, 5.74) is 2.27. The normalized spacial score (nSPS) is 17.3. The van der Waals surface area contributed by atoms with Gasteiger partial charge < -0.3 is 24.3 Å². The number of nitrogens with zero attached hydrogens (tertiary/aromatic N) is 4. The number of aromatic nitrogens is 1. The van der Waals surface area contributed by atoms with Gasteiger partial charge in [-0.15, -0.1) is 0 Å². The highest BCUT2D eigenvalue weighted by Gasteiger charge is 2.35. The Kier molecular flexibility index (Phi) is 5.58. The topological polar surface area (TPSA) is 88.4 Å². The van der Waals surface area contributed by atoms with Gasteiger partial charge in [0.15, 0.2) is 11.5 Å². The molecule has 0 fully saturated rings. The number of benzene rings is 1. The van der Waals surface area contributed by atoms with Gasteiger partial charge in [0, 0.05) is 32.3 Å². The van der Waals surface area contributed by atoms with Gasteiger partial charge in [-0.05, 0) is 50.6 Å². The van der Waals surface area contributed by atoms with Gasteiger partial charge in [-0.25, -0.2) is 9.80 Å². The van der Waals surface area contributed by atoms with E-state index in [1.54, 1.807) is 7.05 Å². The van der Waals surface area contributed by atoms with E-state index in [1.165, 1.54) is 9.91 Å². The number of urea groups is 1. The van der Waals surface area contributed by atoms with E-state index >= 15 is 0 Å². The zero-order valence-corrected chi connectivity index (χ0v) is 19.1. The van der Waals surface area contributed by atoms with E-state index in [4.69, 9.17) is 9.47 Å². The predicted molar refractivity (Wildman–Crippen MR) is 120 cm³/mol. The van der Waals surface area contributed by atoms with E-state index in [0.29, 0.717) is 17.9 Å². The van der Waals surface area contributed by atoms with E-state index in [2.05, 4.69) is 10.4 Å². The van der Waals surface area contributed by atoms with Gasteiger partial charge in [0.05, 0.1) is 17.4 Å². The Bertz CT molecular complexity index is 1070. The largest absolute Gasteiger partial charge is 0.454 e. The lowest BCUT2D eigenvalue weighted by Crippen LogP contribution is -2.49. The van der Waals surface area contributed by atoms with Gasteiger partial charge >= 0.3 is 6.03 Å². The summed E-state index contributed by atoms with van der Waals surface area (Å²) in [4.78, 5) is 27.1. The Hall–Kier alpha value is -3.49. The minimum absolute atomic E-state index is 0.0904. The number of aryl methyl sites for hydroxylation is 1. The molecule has 0 bridgehead atoms. The number of hydrogen-bond donors (Lipinski definition) is 1. The highest BCUT2D eigenvalue weighted by molar-refractivity contribution is 6.02. The number of ether oxygens (including phenoxy) is 2. The molecule has 1 aromatic carbocycles. The summed E-state index contributed by atoms with van der Waals surface area (Å²) in [7, 11) is 3.55. The molecule has 0 saturated heterocycles. The van der Waals surface area contributed by atoms with Crippen LogP contribution in [-0.2, 0) is 11.8 Å². The van der Waals surface area contributed by atoms with Crippen molar-refractivity contribution in [1.29, 1.82) is 0 Å². The maximum Gasteiger partial charge on any atom is 0.318 e. The third kappa shape index (κ3) is 4.42. The zero-order chi connectivity index (χ0) is 23.0. The molecule has 1 aromatic heterocycles. The van der Waals surface area contributed by atoms with Crippen molar-refractivity contribution in [2.45, 2.75) is 38.8 Å². The lowest BCUT2D eigenvalue weighted by molar-refractivity contribution is -0.133. The lowest BCUT2D eigenvalue weighted by Gasteiger charge is -2.28. The van der Waals surface area contributed by atoms with Crippen LogP contribution in [0.1, 0.15) is 44.5 Å². The molecule has 3 amide bonds. The number of carbonyl (C=O) groups is 2. The summed E-state index contributed by atoms with van der Waals surface area (Å²) >= 11 is 0. The minimum Gasteiger partial charge on any atom is -0.454 e. The highest BCUT2D eigenvalue weighted by atomic mass is 16.7. The Morgan fingerprint density at radius 1 is 1.22 bits per heavy atom. The van der Waals surface area contributed by atoms with Crippen LogP contribution in [0.3, 0.4) is 0 Å². The van der Waals surface area contributed by atoms with Crippen molar-refractivity contribution in [1.82, 2.24) is 19.8 Å². The molecule has 0 saturated carbocycles. The minimum atomic E-state index is -0.394. The Morgan fingerprint density at radius 3 is 2.66 bits per heavy atom. The van der Waals surface area contributed by atoms with Crippen LogP contribution in [0.15, 0.2) is 41.6 Å². The van der Waals surface area contributed by atoms with Gasteiger partial charge in [-0.2, -0.15) is 5.10 Å². The number of carbonyl (C=O) groups excluding carboxylic acids is 2. The molecule has 9 heteroatoms. The van der Waals surface area contributed by atoms with Gasteiger partial charge in [0.2, 0.25) is 6.79 Å². The molecule has 170 valence electrons. The molecule has 1 unspecified atom stereocenters. The van der Waals surface area contributed by atoms with Crippen LogP contribution in [-0.4, -0.2) is 58.1 Å². The third-order valence-electron chi connectivity index (χ3n) is 5.39. The van der Waals surface area contributed by atoms with Crippen molar-refractivity contribution in [3.8, 4) is 11.5 Å². The molecule has 32 heavy (non-hydrogen) atoms. The summed E-state index contributed by atoms with van der Waals surface area (Å²) in [6.07, 6.45) is 2.50. The predicted octanol–water partition coefficient (Wildman–Crippen LogP) is 2.87. The molecule has 0 radical (unpaired) electrons. The number of fused-ring (bicyclic) bond motifs is 1. The van der Waals surface area contributed by atoms with Crippen molar-refractivity contribution in [3.63, 3.8) is 0 Å². The van der Waals surface area contributed by atoms with Crippen LogP contribution in [0, 0.1) is 0 Å². The van der Waals surface area contributed by atoms with E-state index in [-0.39, 0.29) is 31.3 Å². The number of nitrogens with one attached hydrogen (secondary N) is 1. The number of likely N-dealkylation sites (N-methyl/N-ethyl adjacent to an activating group) is 1. The first kappa shape index (κ1) is 21.7. The molecule has 3 heterocycles. The molecule has 2 aliphatic heterocycles. The van der Waals surface area contributed by atoms with Gasteiger partial charge in [0.25, 0.3) is 5.91 Å². The van der Waals surface area contributed by atoms with Crippen LogP contribution in [0.4, 0.5) is 4.79 Å². The fourth-order valence-corrected chi connectivity index (χ4v) is 3.80. The second-order valence-electron chi connectivity index (χ2n) is 9.16. The van der Waals surface area contributed by atoms with E-state index < -0.39 is 5.54 Å². The molecule has 0 spiro atoms. The third-order valence-corrected chi connectivity index (χ3v) is 5.39. The number of rotatable bonds is 4. The molecule has 2 aliphatic rings. The first-order chi connectivity index (χ1) is 15.1. The fraction of sp³-hybridized carbons (Fsp3) is 0.435. The second kappa shape index (κ2) is 8.22. The summed E-state index contributed by atoms with van der Waals surface area (Å²) < 4.78 is 12.9. The summed E-state index contributed by atoms with van der Waals surface area (Å²) in [6.45, 7) is 5.78. The summed E-state index contributed by atoms with van der Waals surface area (Å²) in [5, 5.41) is 9.04. The second-order valence-corrected chi connectivity index (χ2v) is 9.16. The molecular formula is C23H29N5O4. The monoisotopic (exact) mass is 439 g/mol. The fourth-order valence-electron chi connectivity index (χ4n) is 3.80. The maximum atomic E-state index is 13.3. The smallest absolute Gasteiger partial charge is 0.318 e. The first-order valence-electron chi connectivity index (χ1n) is 10.6. The van der Waals surface area contributed by atoms with E-state index in [0.717, 1.165) is 17.0 Å². The van der Waals surface area contributed by atoms with Gasteiger partial charge in [0.1, 0.15) is 6.54 Å². The van der Waals surface area contributed by atoms with Crippen LogP contribution >= 0.6 is 0 Å². The average Bonchev–Trinajstić information content (AvgIpc) is 3.44. The summed E-state index contributed by atoms with van der Waals surface area (Å²) in [5.74, 6) is 1.08. The molecule has 2 aromatic rings. The van der Waals surface area contributed by atoms with E-state index in [9.17, 15) is 9.59 Å². The molecule has 4 rings (SSSR count). The number of hydrazone groups is 1. The van der Waals surface area contributed by atoms with Crippen LogP contribution in [0.5, 0.6) is 11.5 Å². The summed E-state index contributed by atoms with van der Waals surface area (Å²) in [6, 6.07) is 8.99.